The van der Waals surface area contributed by atoms with E-state index in [9.17, 15) is 12.8 Å². The molecule has 35 heavy (non-hydrogen) atoms. The lowest BCUT2D eigenvalue weighted by molar-refractivity contribution is 0.351. The van der Waals surface area contributed by atoms with E-state index in [4.69, 9.17) is 0 Å². The van der Waals surface area contributed by atoms with Crippen LogP contribution in [0, 0.1) is 5.82 Å². The van der Waals surface area contributed by atoms with Crippen LogP contribution in [0.15, 0.2) is 84.0 Å². The first-order valence-electron chi connectivity index (χ1n) is 11.3. The molecule has 0 amide bonds. The van der Waals surface area contributed by atoms with Crippen molar-refractivity contribution in [1.29, 1.82) is 0 Å². The summed E-state index contributed by atoms with van der Waals surface area (Å²) in [6.45, 7) is 1.92. The Balaban J connectivity index is 0.00000253. The number of halogens is 2. The number of fused-ring (bicyclic) bond motifs is 2. The quantitative estimate of drug-likeness (QED) is 0.352. The van der Waals surface area contributed by atoms with Gasteiger partial charge in [-0.3, -0.25) is 4.68 Å². The van der Waals surface area contributed by atoms with Gasteiger partial charge in [0.1, 0.15) is 5.82 Å². The molecule has 0 spiro atoms. The molecule has 6 nitrogen and oxygen atoms in total. The Kier molecular flexibility index (Phi) is 6.13. The molecule has 1 saturated heterocycles. The van der Waals surface area contributed by atoms with Gasteiger partial charge in [-0.15, -0.1) is 12.4 Å². The van der Waals surface area contributed by atoms with Crippen LogP contribution in [0.4, 0.5) is 4.39 Å². The summed E-state index contributed by atoms with van der Waals surface area (Å²) in [5.41, 5.74) is 2.92. The van der Waals surface area contributed by atoms with E-state index in [0.29, 0.717) is 16.9 Å². The van der Waals surface area contributed by atoms with Gasteiger partial charge in [0.05, 0.1) is 28.2 Å². The molecular weight excluding hydrogens is 487 g/mol. The third-order valence-corrected chi connectivity index (χ3v) is 8.29. The fraction of sp³-hybridized carbons (Fsp3) is 0.192. The highest BCUT2D eigenvalue weighted by Gasteiger charge is 2.23. The maximum absolute atomic E-state index is 14.2. The second kappa shape index (κ2) is 9.11. The SMILES string of the molecule is Cl.O=S(=O)(c1ccccc1)n1cc(-c2ccc3cnn(C4CCNCC4)c3c2)c2ccc(F)cc21. The molecule has 1 N–H and O–H groups in total. The predicted octanol–water partition coefficient (Wildman–Crippen LogP) is 5.38. The molecule has 3 aromatic carbocycles. The van der Waals surface area contributed by atoms with E-state index in [1.807, 2.05) is 18.3 Å². The molecule has 0 saturated carbocycles. The van der Waals surface area contributed by atoms with E-state index in [2.05, 4.69) is 21.2 Å². The molecule has 0 radical (unpaired) electrons. The van der Waals surface area contributed by atoms with Crippen LogP contribution in [-0.2, 0) is 10.0 Å². The summed E-state index contributed by atoms with van der Waals surface area (Å²) in [5.74, 6) is -0.485. The molecule has 0 atom stereocenters. The minimum atomic E-state index is -3.90. The van der Waals surface area contributed by atoms with Gasteiger partial charge in [-0.25, -0.2) is 16.8 Å². The normalized spacial score (nSPS) is 14.9. The summed E-state index contributed by atoms with van der Waals surface area (Å²) in [6, 6.07) is 18.8. The Bertz CT molecular complexity index is 1620. The lowest BCUT2D eigenvalue weighted by Crippen LogP contribution is -2.29. The molecule has 1 aliphatic rings. The van der Waals surface area contributed by atoms with Crippen molar-refractivity contribution < 1.29 is 12.8 Å². The van der Waals surface area contributed by atoms with Crippen LogP contribution in [0.3, 0.4) is 0 Å². The standard InChI is InChI=1S/C26H23FN4O2S.ClH/c27-20-8-9-23-24(17-30(26(23)15-20)34(32,33)22-4-2-1-3-5-22)18-6-7-19-16-29-31(25(19)14-18)21-10-12-28-13-11-21;/h1-9,14-17,21,28H,10-13H2;1H. The second-order valence-electron chi connectivity index (χ2n) is 8.66. The van der Waals surface area contributed by atoms with Crippen molar-refractivity contribution in [3.63, 3.8) is 0 Å². The number of nitrogens with one attached hydrogen (secondary N) is 1. The maximum atomic E-state index is 14.2. The van der Waals surface area contributed by atoms with Crippen LogP contribution >= 0.6 is 12.4 Å². The molecule has 2 aromatic heterocycles. The van der Waals surface area contributed by atoms with Crippen LogP contribution in [0.2, 0.25) is 0 Å². The topological polar surface area (TPSA) is 68.9 Å². The minimum absolute atomic E-state index is 0. The first kappa shape index (κ1) is 23.5. The highest BCUT2D eigenvalue weighted by atomic mass is 35.5. The molecule has 0 bridgehead atoms. The van der Waals surface area contributed by atoms with E-state index in [1.165, 1.54) is 16.1 Å². The molecule has 9 heteroatoms. The van der Waals surface area contributed by atoms with Crippen molar-refractivity contribution in [2.45, 2.75) is 23.8 Å². The van der Waals surface area contributed by atoms with Gasteiger partial charge in [-0.05, 0) is 67.9 Å². The van der Waals surface area contributed by atoms with Gasteiger partial charge in [0.2, 0.25) is 0 Å². The first-order valence-corrected chi connectivity index (χ1v) is 12.8. The van der Waals surface area contributed by atoms with Gasteiger partial charge >= 0.3 is 0 Å². The van der Waals surface area contributed by atoms with Crippen molar-refractivity contribution in [3.05, 3.63) is 84.9 Å². The smallest absolute Gasteiger partial charge is 0.268 e. The van der Waals surface area contributed by atoms with E-state index in [0.717, 1.165) is 48.0 Å². The number of aromatic nitrogens is 3. The van der Waals surface area contributed by atoms with Crippen molar-refractivity contribution >= 4 is 44.2 Å². The summed E-state index contributed by atoms with van der Waals surface area (Å²) in [7, 11) is -3.90. The van der Waals surface area contributed by atoms with Crippen molar-refractivity contribution in [2.75, 3.05) is 13.1 Å². The molecule has 3 heterocycles. The zero-order chi connectivity index (χ0) is 23.3. The van der Waals surface area contributed by atoms with Crippen LogP contribution in [-0.4, -0.2) is 35.3 Å². The maximum Gasteiger partial charge on any atom is 0.268 e. The molecule has 1 fully saturated rings. The van der Waals surface area contributed by atoms with Crippen LogP contribution in [0.1, 0.15) is 18.9 Å². The van der Waals surface area contributed by atoms with Crippen LogP contribution in [0.25, 0.3) is 32.9 Å². The fourth-order valence-electron chi connectivity index (χ4n) is 4.85. The van der Waals surface area contributed by atoms with E-state index < -0.39 is 15.8 Å². The van der Waals surface area contributed by atoms with Gasteiger partial charge in [-0.2, -0.15) is 5.10 Å². The van der Waals surface area contributed by atoms with E-state index in [-0.39, 0.29) is 17.3 Å². The minimum Gasteiger partial charge on any atom is -0.317 e. The number of rotatable bonds is 4. The summed E-state index contributed by atoms with van der Waals surface area (Å²) < 4.78 is 44.4. The van der Waals surface area contributed by atoms with Crippen molar-refractivity contribution in [1.82, 2.24) is 19.1 Å². The Morgan fingerprint density at radius 1 is 0.943 bits per heavy atom. The molecule has 180 valence electrons. The lowest BCUT2D eigenvalue weighted by Gasteiger charge is -2.23. The molecular formula is C26H24ClFN4O2S. The number of hydrogen-bond acceptors (Lipinski definition) is 4. The molecule has 1 aliphatic heterocycles. The van der Waals surface area contributed by atoms with Crippen molar-refractivity contribution in [2.24, 2.45) is 0 Å². The zero-order valence-corrected chi connectivity index (χ0v) is 20.4. The van der Waals surface area contributed by atoms with Gasteiger partial charge in [0, 0.05) is 22.5 Å². The third-order valence-electron chi connectivity index (χ3n) is 6.60. The number of piperidine rings is 1. The molecule has 5 aromatic rings. The van der Waals surface area contributed by atoms with E-state index in [1.54, 1.807) is 42.6 Å². The molecule has 6 rings (SSSR count). The number of nitrogens with zero attached hydrogens (tertiary/aromatic N) is 3. The average Bonchev–Trinajstić information content (AvgIpc) is 3.46. The van der Waals surface area contributed by atoms with Gasteiger partial charge in [0.15, 0.2) is 0 Å². The monoisotopic (exact) mass is 510 g/mol. The first-order chi connectivity index (χ1) is 16.5. The Morgan fingerprint density at radius 3 is 2.49 bits per heavy atom. The molecule has 0 aliphatic carbocycles. The predicted molar refractivity (Wildman–Crippen MR) is 138 cm³/mol. The summed E-state index contributed by atoms with van der Waals surface area (Å²) in [6.07, 6.45) is 5.49. The fourth-order valence-corrected chi connectivity index (χ4v) is 6.24. The number of benzene rings is 3. The summed E-state index contributed by atoms with van der Waals surface area (Å²) in [4.78, 5) is 0.155. The Hall–Kier alpha value is -3.20. The average molecular weight is 511 g/mol. The third kappa shape index (κ3) is 4.01. The van der Waals surface area contributed by atoms with Crippen molar-refractivity contribution in [3.8, 4) is 11.1 Å². The van der Waals surface area contributed by atoms with Crippen LogP contribution in [0.5, 0.6) is 0 Å². The number of hydrogen-bond donors (Lipinski definition) is 1. The van der Waals surface area contributed by atoms with Crippen LogP contribution < -0.4 is 5.32 Å². The van der Waals surface area contributed by atoms with Gasteiger partial charge in [0.25, 0.3) is 10.0 Å². The largest absolute Gasteiger partial charge is 0.317 e. The summed E-state index contributed by atoms with van der Waals surface area (Å²) in [5, 5.41) is 9.75. The van der Waals surface area contributed by atoms with Gasteiger partial charge in [-0.1, -0.05) is 30.3 Å². The Morgan fingerprint density at radius 2 is 1.71 bits per heavy atom. The zero-order valence-electron chi connectivity index (χ0n) is 18.8. The highest BCUT2D eigenvalue weighted by Crippen LogP contribution is 2.35. The van der Waals surface area contributed by atoms with Gasteiger partial charge < -0.3 is 5.32 Å². The molecule has 0 unspecified atom stereocenters. The lowest BCUT2D eigenvalue weighted by atomic mass is 10.0. The Labute approximate surface area is 208 Å². The summed E-state index contributed by atoms with van der Waals surface area (Å²) >= 11 is 0. The second-order valence-corrected chi connectivity index (χ2v) is 10.5. The van der Waals surface area contributed by atoms with E-state index >= 15 is 0 Å². The highest BCUT2D eigenvalue weighted by molar-refractivity contribution is 7.90.